The van der Waals surface area contributed by atoms with E-state index in [1.807, 2.05) is 0 Å². The number of halogens is 1. The zero-order valence-corrected chi connectivity index (χ0v) is 10.9. The number of aromatic carboxylic acids is 1. The molecule has 0 unspecified atom stereocenters. The fraction of sp³-hybridized carbons (Fsp3) is 0.133. The van der Waals surface area contributed by atoms with E-state index in [0.29, 0.717) is 30.4 Å². The first kappa shape index (κ1) is 13.2. The molecule has 5 nitrogen and oxygen atoms in total. The van der Waals surface area contributed by atoms with Gasteiger partial charge in [0.1, 0.15) is 19.0 Å². The number of carboxylic acids is 1. The van der Waals surface area contributed by atoms with E-state index in [0.717, 1.165) is 0 Å². The number of benzene rings is 2. The molecule has 0 bridgehead atoms. The van der Waals surface area contributed by atoms with Crippen LogP contribution >= 0.6 is 0 Å². The molecule has 0 saturated carbocycles. The van der Waals surface area contributed by atoms with Gasteiger partial charge in [0.2, 0.25) is 0 Å². The molecule has 0 fully saturated rings. The SMILES string of the molecule is O=C(O)c1cccc(F)c1Nc1ccc2c(c1)OCCO2. The molecule has 0 spiro atoms. The normalized spacial score (nSPS) is 12.8. The van der Waals surface area contributed by atoms with Gasteiger partial charge in [-0.3, -0.25) is 0 Å². The van der Waals surface area contributed by atoms with Crippen LogP contribution in [0.5, 0.6) is 11.5 Å². The molecule has 2 aromatic carbocycles. The number of hydrogen-bond donors (Lipinski definition) is 2. The first-order chi connectivity index (χ1) is 10.1. The van der Waals surface area contributed by atoms with Gasteiger partial charge in [-0.05, 0) is 24.3 Å². The summed E-state index contributed by atoms with van der Waals surface area (Å²) in [5.41, 5.74) is 0.304. The van der Waals surface area contributed by atoms with Crippen LogP contribution < -0.4 is 14.8 Å². The summed E-state index contributed by atoms with van der Waals surface area (Å²) in [4.78, 5) is 11.1. The third-order valence-corrected chi connectivity index (χ3v) is 3.06. The zero-order chi connectivity index (χ0) is 14.8. The van der Waals surface area contributed by atoms with Gasteiger partial charge in [-0.15, -0.1) is 0 Å². The molecule has 108 valence electrons. The number of rotatable bonds is 3. The Morgan fingerprint density at radius 3 is 2.67 bits per heavy atom. The summed E-state index contributed by atoms with van der Waals surface area (Å²) in [6.45, 7) is 0.923. The average molecular weight is 289 g/mol. The maximum absolute atomic E-state index is 13.9. The molecule has 0 amide bonds. The Balaban J connectivity index is 1.95. The van der Waals surface area contributed by atoms with E-state index < -0.39 is 11.8 Å². The Labute approximate surface area is 119 Å². The molecule has 0 aliphatic carbocycles. The Kier molecular flexibility index (Phi) is 3.35. The summed E-state index contributed by atoms with van der Waals surface area (Å²) >= 11 is 0. The predicted octanol–water partition coefficient (Wildman–Crippen LogP) is 3.04. The van der Waals surface area contributed by atoms with Crippen LogP contribution in [0.3, 0.4) is 0 Å². The zero-order valence-electron chi connectivity index (χ0n) is 10.9. The van der Waals surface area contributed by atoms with Gasteiger partial charge in [-0.25, -0.2) is 9.18 Å². The highest BCUT2D eigenvalue weighted by molar-refractivity contribution is 5.95. The minimum absolute atomic E-state index is 0.0818. The number of carboxylic acid groups (broad SMARTS) is 1. The summed E-state index contributed by atoms with van der Waals surface area (Å²) in [7, 11) is 0. The lowest BCUT2D eigenvalue weighted by molar-refractivity contribution is 0.0697. The highest BCUT2D eigenvalue weighted by Crippen LogP contribution is 2.34. The Bertz CT molecular complexity index is 702. The quantitative estimate of drug-likeness (QED) is 0.909. The largest absolute Gasteiger partial charge is 0.486 e. The number of anilines is 2. The van der Waals surface area contributed by atoms with Crippen molar-refractivity contribution in [3.8, 4) is 11.5 Å². The maximum Gasteiger partial charge on any atom is 0.337 e. The molecule has 2 aromatic rings. The van der Waals surface area contributed by atoms with Crippen LogP contribution in [0.2, 0.25) is 0 Å². The average Bonchev–Trinajstić information content (AvgIpc) is 2.49. The summed E-state index contributed by atoms with van der Waals surface area (Å²) in [6.07, 6.45) is 0. The van der Waals surface area contributed by atoms with Crippen molar-refractivity contribution in [2.45, 2.75) is 0 Å². The molecule has 3 rings (SSSR count). The topological polar surface area (TPSA) is 67.8 Å². The van der Waals surface area contributed by atoms with Crippen molar-refractivity contribution < 1.29 is 23.8 Å². The summed E-state index contributed by atoms with van der Waals surface area (Å²) in [5, 5.41) is 11.9. The first-order valence-corrected chi connectivity index (χ1v) is 6.33. The monoisotopic (exact) mass is 289 g/mol. The smallest absolute Gasteiger partial charge is 0.337 e. The number of carbonyl (C=O) groups is 1. The first-order valence-electron chi connectivity index (χ1n) is 6.33. The van der Waals surface area contributed by atoms with Crippen LogP contribution in [-0.4, -0.2) is 24.3 Å². The van der Waals surface area contributed by atoms with Crippen molar-refractivity contribution in [3.05, 3.63) is 47.8 Å². The van der Waals surface area contributed by atoms with Crippen LogP contribution in [0.1, 0.15) is 10.4 Å². The van der Waals surface area contributed by atoms with Crippen molar-refractivity contribution in [1.82, 2.24) is 0 Å². The van der Waals surface area contributed by atoms with E-state index in [-0.39, 0.29) is 11.3 Å². The number of fused-ring (bicyclic) bond motifs is 1. The van der Waals surface area contributed by atoms with E-state index >= 15 is 0 Å². The second-order valence-corrected chi connectivity index (χ2v) is 4.45. The standard InChI is InChI=1S/C15H12FNO4/c16-11-3-1-2-10(15(18)19)14(11)17-9-4-5-12-13(8-9)21-7-6-20-12/h1-5,8,17H,6-7H2,(H,18,19). The molecule has 1 aliphatic rings. The molecule has 1 heterocycles. The molecule has 2 N–H and O–H groups in total. The minimum Gasteiger partial charge on any atom is -0.486 e. The van der Waals surface area contributed by atoms with E-state index in [4.69, 9.17) is 14.6 Å². The van der Waals surface area contributed by atoms with Gasteiger partial charge < -0.3 is 19.9 Å². The van der Waals surface area contributed by atoms with Crippen LogP contribution in [0.25, 0.3) is 0 Å². The van der Waals surface area contributed by atoms with Gasteiger partial charge in [0, 0.05) is 11.8 Å². The van der Waals surface area contributed by atoms with E-state index in [2.05, 4.69) is 5.32 Å². The molecule has 6 heteroatoms. The predicted molar refractivity (Wildman–Crippen MR) is 74.1 cm³/mol. The highest BCUT2D eigenvalue weighted by atomic mass is 19.1. The van der Waals surface area contributed by atoms with Crippen molar-refractivity contribution in [2.24, 2.45) is 0 Å². The van der Waals surface area contributed by atoms with Gasteiger partial charge in [-0.2, -0.15) is 0 Å². The summed E-state index contributed by atoms with van der Waals surface area (Å²) in [5.74, 6) is -0.683. The Hall–Kier alpha value is -2.76. The Morgan fingerprint density at radius 2 is 1.90 bits per heavy atom. The molecule has 0 radical (unpaired) electrons. The number of hydrogen-bond acceptors (Lipinski definition) is 4. The molecule has 0 atom stereocenters. The van der Waals surface area contributed by atoms with E-state index in [1.165, 1.54) is 18.2 Å². The Morgan fingerprint density at radius 1 is 1.14 bits per heavy atom. The molecular formula is C15H12FNO4. The third-order valence-electron chi connectivity index (χ3n) is 3.06. The van der Waals surface area contributed by atoms with Crippen LogP contribution in [0, 0.1) is 5.82 Å². The molecule has 0 aromatic heterocycles. The molecular weight excluding hydrogens is 277 g/mol. The minimum atomic E-state index is -1.20. The molecule has 21 heavy (non-hydrogen) atoms. The van der Waals surface area contributed by atoms with Crippen molar-refractivity contribution >= 4 is 17.3 Å². The number of ether oxygens (including phenoxy) is 2. The molecule has 1 aliphatic heterocycles. The lowest BCUT2D eigenvalue weighted by Gasteiger charge is -2.19. The fourth-order valence-electron chi connectivity index (χ4n) is 2.09. The van der Waals surface area contributed by atoms with Gasteiger partial charge in [0.15, 0.2) is 11.5 Å². The number of nitrogens with one attached hydrogen (secondary N) is 1. The van der Waals surface area contributed by atoms with Crippen LogP contribution in [0.15, 0.2) is 36.4 Å². The van der Waals surface area contributed by atoms with Crippen molar-refractivity contribution in [3.63, 3.8) is 0 Å². The number of para-hydroxylation sites is 1. The van der Waals surface area contributed by atoms with E-state index in [1.54, 1.807) is 18.2 Å². The van der Waals surface area contributed by atoms with Gasteiger partial charge in [0.25, 0.3) is 0 Å². The van der Waals surface area contributed by atoms with Crippen molar-refractivity contribution in [2.75, 3.05) is 18.5 Å². The summed E-state index contributed by atoms with van der Waals surface area (Å²) in [6, 6.07) is 8.91. The third kappa shape index (κ3) is 2.60. The molecule has 0 saturated heterocycles. The lowest BCUT2D eigenvalue weighted by Crippen LogP contribution is -2.15. The van der Waals surface area contributed by atoms with E-state index in [9.17, 15) is 9.18 Å². The van der Waals surface area contributed by atoms with Crippen molar-refractivity contribution in [1.29, 1.82) is 0 Å². The lowest BCUT2D eigenvalue weighted by atomic mass is 10.1. The summed E-state index contributed by atoms with van der Waals surface area (Å²) < 4.78 is 24.7. The van der Waals surface area contributed by atoms with Gasteiger partial charge in [0.05, 0.1) is 11.3 Å². The van der Waals surface area contributed by atoms with Gasteiger partial charge in [-0.1, -0.05) is 6.07 Å². The second kappa shape index (κ2) is 5.32. The van der Waals surface area contributed by atoms with Crippen LogP contribution in [-0.2, 0) is 0 Å². The highest BCUT2D eigenvalue weighted by Gasteiger charge is 2.16. The van der Waals surface area contributed by atoms with Gasteiger partial charge >= 0.3 is 5.97 Å². The second-order valence-electron chi connectivity index (χ2n) is 4.45. The fourth-order valence-corrected chi connectivity index (χ4v) is 2.09. The maximum atomic E-state index is 13.9. The van der Waals surface area contributed by atoms with Crippen LogP contribution in [0.4, 0.5) is 15.8 Å².